The highest BCUT2D eigenvalue weighted by Crippen LogP contribution is 2.45. The van der Waals surface area contributed by atoms with Crippen LogP contribution in [-0.2, 0) is 13.7 Å². The van der Waals surface area contributed by atoms with Crippen molar-refractivity contribution in [3.8, 4) is 0 Å². The summed E-state index contributed by atoms with van der Waals surface area (Å²) in [5.41, 5.74) is 0. The van der Waals surface area contributed by atoms with Crippen molar-refractivity contribution < 1.29 is 18.6 Å². The molecule has 1 N–H and O–H groups in total. The molecule has 5 nitrogen and oxygen atoms in total. The molecule has 0 amide bonds. The Kier molecular flexibility index (Phi) is 36.4. The molecule has 0 aromatic rings. The first-order valence-electron chi connectivity index (χ1n) is 20.9. The van der Waals surface area contributed by atoms with Gasteiger partial charge in [-0.1, -0.05) is 207 Å². The van der Waals surface area contributed by atoms with Crippen LogP contribution in [0.15, 0.2) is 0 Å². The van der Waals surface area contributed by atoms with Gasteiger partial charge in [-0.3, -0.25) is 4.52 Å². The van der Waals surface area contributed by atoms with Crippen molar-refractivity contribution in [3.05, 3.63) is 0 Å². The molecule has 0 spiro atoms. The van der Waals surface area contributed by atoms with Crippen LogP contribution in [0.1, 0.15) is 233 Å². The largest absolute Gasteiger partial charge is 0.489 e. The standard InChI is InChI=1S/C40H84NO4P/c1-5-9-13-17-21-23-24-26-28-32-36-40(35-31-27-25-22-18-14-10-6-2)39-44-46(42,43)45-41(37-33-29-19-15-11-7-3)38-34-30-20-16-12-8-4/h40H,5-39H2,1-4H3,(H,42,43). The zero-order valence-corrected chi connectivity index (χ0v) is 32.8. The lowest BCUT2D eigenvalue weighted by atomic mass is 9.94. The van der Waals surface area contributed by atoms with E-state index in [1.165, 1.54) is 167 Å². The molecule has 0 fully saturated rings. The van der Waals surface area contributed by atoms with Crippen LogP contribution >= 0.6 is 7.82 Å². The van der Waals surface area contributed by atoms with Crippen LogP contribution in [0.25, 0.3) is 0 Å². The van der Waals surface area contributed by atoms with E-state index >= 15 is 0 Å². The first-order valence-corrected chi connectivity index (χ1v) is 22.4. The summed E-state index contributed by atoms with van der Waals surface area (Å²) >= 11 is 0. The van der Waals surface area contributed by atoms with E-state index in [9.17, 15) is 9.46 Å². The molecule has 0 saturated heterocycles. The fraction of sp³-hybridized carbons (Fsp3) is 1.00. The number of phosphoric ester groups is 1. The molecule has 6 heteroatoms. The van der Waals surface area contributed by atoms with Crippen molar-refractivity contribution in [2.24, 2.45) is 5.92 Å². The third-order valence-corrected chi connectivity index (χ3v) is 10.6. The lowest BCUT2D eigenvalue weighted by Crippen LogP contribution is -2.26. The molecule has 0 radical (unpaired) electrons. The fourth-order valence-corrected chi connectivity index (χ4v) is 7.40. The SMILES string of the molecule is CCCCCCCCCCCCC(CCCCCCCCCC)COP(=O)(O)ON(CCCCCCCC)CCCCCCCC. The zero-order valence-electron chi connectivity index (χ0n) is 31.9. The quantitative estimate of drug-likeness (QED) is 0.0400. The molecular weight excluding hydrogens is 589 g/mol. The Hall–Kier alpha value is 0.0700. The van der Waals surface area contributed by atoms with Crippen molar-refractivity contribution >= 4 is 7.82 Å². The Labute approximate surface area is 289 Å². The van der Waals surface area contributed by atoms with Crippen LogP contribution in [0.3, 0.4) is 0 Å². The molecule has 2 unspecified atom stereocenters. The summed E-state index contributed by atoms with van der Waals surface area (Å²) in [7, 11) is -4.14. The molecule has 0 aromatic heterocycles. The number of rotatable bonds is 39. The molecule has 2 atom stereocenters. The van der Waals surface area contributed by atoms with Crippen molar-refractivity contribution in [2.75, 3.05) is 19.7 Å². The van der Waals surface area contributed by atoms with E-state index in [1.807, 2.05) is 0 Å². The molecule has 0 rings (SSSR count). The summed E-state index contributed by atoms with van der Waals surface area (Å²) in [6, 6.07) is 0. The summed E-state index contributed by atoms with van der Waals surface area (Å²) in [5.74, 6) is 0.337. The van der Waals surface area contributed by atoms with Gasteiger partial charge in [-0.25, -0.2) is 4.57 Å². The topological polar surface area (TPSA) is 59.0 Å². The first kappa shape index (κ1) is 46.1. The highest BCUT2D eigenvalue weighted by molar-refractivity contribution is 7.47. The van der Waals surface area contributed by atoms with Gasteiger partial charge in [0.25, 0.3) is 0 Å². The van der Waals surface area contributed by atoms with E-state index in [0.29, 0.717) is 25.6 Å². The van der Waals surface area contributed by atoms with Gasteiger partial charge >= 0.3 is 7.82 Å². The molecule has 0 bridgehead atoms. The zero-order chi connectivity index (χ0) is 33.8. The second-order valence-electron chi connectivity index (χ2n) is 14.4. The fourth-order valence-electron chi connectivity index (χ4n) is 6.50. The molecule has 0 saturated carbocycles. The average molecular weight is 674 g/mol. The second-order valence-corrected chi connectivity index (χ2v) is 15.8. The molecule has 0 heterocycles. The van der Waals surface area contributed by atoms with Crippen LogP contribution in [0.4, 0.5) is 0 Å². The molecule has 0 aliphatic carbocycles. The van der Waals surface area contributed by atoms with E-state index in [4.69, 9.17) is 9.15 Å². The maximum absolute atomic E-state index is 13.2. The number of nitrogens with zero attached hydrogens (tertiary/aromatic N) is 1. The summed E-state index contributed by atoms with van der Waals surface area (Å²) in [6.45, 7) is 10.8. The normalized spacial score (nSPS) is 13.9. The maximum atomic E-state index is 13.2. The van der Waals surface area contributed by atoms with Crippen LogP contribution in [-0.4, -0.2) is 29.7 Å². The Bertz CT molecular complexity index is 618. The van der Waals surface area contributed by atoms with Crippen molar-refractivity contribution in [2.45, 2.75) is 233 Å². The van der Waals surface area contributed by atoms with Crippen LogP contribution < -0.4 is 0 Å². The van der Waals surface area contributed by atoms with Crippen molar-refractivity contribution in [3.63, 3.8) is 0 Å². The second kappa shape index (κ2) is 36.4. The molecular formula is C40H84NO4P. The summed E-state index contributed by atoms with van der Waals surface area (Å²) < 4.78 is 24.7. The summed E-state index contributed by atoms with van der Waals surface area (Å²) in [4.78, 5) is 10.8. The predicted octanol–water partition coefficient (Wildman–Crippen LogP) is 14.5. The highest BCUT2D eigenvalue weighted by atomic mass is 31.2. The third-order valence-electron chi connectivity index (χ3n) is 9.65. The number of hydrogen-bond donors (Lipinski definition) is 1. The number of hydroxylamine groups is 2. The van der Waals surface area contributed by atoms with E-state index in [2.05, 4.69) is 27.7 Å². The van der Waals surface area contributed by atoms with E-state index in [-0.39, 0.29) is 0 Å². The first-order chi connectivity index (χ1) is 22.5. The Balaban J connectivity index is 4.76. The minimum absolute atomic E-state index is 0.337. The molecule has 0 aromatic carbocycles. The van der Waals surface area contributed by atoms with E-state index < -0.39 is 7.82 Å². The van der Waals surface area contributed by atoms with Gasteiger partial charge in [0.2, 0.25) is 0 Å². The van der Waals surface area contributed by atoms with E-state index in [1.54, 1.807) is 5.06 Å². The Morgan fingerprint density at radius 2 is 0.739 bits per heavy atom. The Morgan fingerprint density at radius 3 is 1.07 bits per heavy atom. The van der Waals surface area contributed by atoms with Gasteiger partial charge in [-0.2, -0.15) is 9.69 Å². The molecule has 46 heavy (non-hydrogen) atoms. The lowest BCUT2D eigenvalue weighted by Gasteiger charge is -2.25. The summed E-state index contributed by atoms with van der Waals surface area (Å²) in [6.07, 6.45) is 40.4. The van der Waals surface area contributed by atoms with Gasteiger partial charge in [0, 0.05) is 13.1 Å². The maximum Gasteiger partial charge on any atom is 0.489 e. The minimum atomic E-state index is -4.14. The average Bonchev–Trinajstić information content (AvgIpc) is 3.04. The van der Waals surface area contributed by atoms with Gasteiger partial charge in [0.15, 0.2) is 0 Å². The lowest BCUT2D eigenvalue weighted by molar-refractivity contribution is -0.0900. The van der Waals surface area contributed by atoms with Crippen molar-refractivity contribution in [1.29, 1.82) is 0 Å². The molecule has 0 aliphatic rings. The van der Waals surface area contributed by atoms with Gasteiger partial charge < -0.3 is 4.89 Å². The van der Waals surface area contributed by atoms with Crippen molar-refractivity contribution in [1.82, 2.24) is 5.06 Å². The van der Waals surface area contributed by atoms with Gasteiger partial charge in [0.05, 0.1) is 6.61 Å². The smallest absolute Gasteiger partial charge is 0.301 e. The Morgan fingerprint density at radius 1 is 0.457 bits per heavy atom. The van der Waals surface area contributed by atoms with Crippen LogP contribution in [0.2, 0.25) is 0 Å². The van der Waals surface area contributed by atoms with Gasteiger partial charge in [0.1, 0.15) is 0 Å². The third kappa shape index (κ3) is 34.0. The summed E-state index contributed by atoms with van der Waals surface area (Å²) in [5, 5.41) is 1.76. The van der Waals surface area contributed by atoms with Crippen LogP contribution in [0, 0.1) is 5.92 Å². The number of unbranched alkanes of at least 4 members (excludes halogenated alkanes) is 26. The minimum Gasteiger partial charge on any atom is -0.301 e. The van der Waals surface area contributed by atoms with Gasteiger partial charge in [-0.15, -0.1) is 0 Å². The molecule has 0 aliphatic heterocycles. The van der Waals surface area contributed by atoms with E-state index in [0.717, 1.165) is 38.5 Å². The number of phosphoric acid groups is 1. The van der Waals surface area contributed by atoms with Crippen LogP contribution in [0.5, 0.6) is 0 Å². The monoisotopic (exact) mass is 674 g/mol. The van der Waals surface area contributed by atoms with Gasteiger partial charge in [-0.05, 0) is 31.6 Å². The molecule has 278 valence electrons. The predicted molar refractivity (Wildman–Crippen MR) is 202 cm³/mol. The number of hydrogen-bond acceptors (Lipinski definition) is 4. The highest BCUT2D eigenvalue weighted by Gasteiger charge is 2.27.